The van der Waals surface area contributed by atoms with Crippen molar-refractivity contribution in [2.24, 2.45) is 4.99 Å². The van der Waals surface area contributed by atoms with Gasteiger partial charge >= 0.3 is 0 Å². The largest absolute Gasteiger partial charge is 0.454 e. The van der Waals surface area contributed by atoms with Crippen LogP contribution in [0, 0.1) is 14.9 Å². The number of rotatable bonds is 4. The summed E-state index contributed by atoms with van der Waals surface area (Å²) in [6.45, 7) is 0.330. The zero-order valence-corrected chi connectivity index (χ0v) is 19.7. The summed E-state index contributed by atoms with van der Waals surface area (Å²) in [4.78, 5) is 4.53. The number of nitriles is 1. The zero-order chi connectivity index (χ0) is 23.1. The van der Waals surface area contributed by atoms with Gasteiger partial charge in [-0.25, -0.2) is 4.99 Å². The van der Waals surface area contributed by atoms with Gasteiger partial charge in [0.05, 0.1) is 0 Å². The van der Waals surface area contributed by atoms with E-state index >= 15 is 0 Å². The van der Waals surface area contributed by atoms with Crippen LogP contribution in [0.3, 0.4) is 0 Å². The van der Waals surface area contributed by atoms with Crippen molar-refractivity contribution in [1.82, 2.24) is 0 Å². The van der Waals surface area contributed by atoms with Crippen molar-refractivity contribution >= 4 is 34.7 Å². The van der Waals surface area contributed by atoms with Gasteiger partial charge in [-0.05, 0) is 76.2 Å². The third-order valence-corrected chi connectivity index (χ3v) is 6.22. The molecule has 6 rings (SSSR count). The normalized spacial score (nSPS) is 13.4. The van der Waals surface area contributed by atoms with Gasteiger partial charge in [0, 0.05) is 20.9 Å². The van der Waals surface area contributed by atoms with Gasteiger partial charge in [0.25, 0.3) is 0 Å². The van der Waals surface area contributed by atoms with Crippen LogP contribution in [0.15, 0.2) is 70.1 Å². The third kappa shape index (κ3) is 3.64. The Labute approximate surface area is 208 Å². The maximum atomic E-state index is 10.1. The first-order valence-corrected chi connectivity index (χ1v) is 11.4. The number of hydrogen-bond donors (Lipinski definition) is 0. The number of ether oxygens (including phenoxy) is 4. The van der Waals surface area contributed by atoms with E-state index in [1.165, 1.54) is 0 Å². The molecule has 0 bridgehead atoms. The Kier molecular flexibility index (Phi) is 5.11. The van der Waals surface area contributed by atoms with E-state index in [0.29, 0.717) is 39.9 Å². The van der Waals surface area contributed by atoms with E-state index in [4.69, 9.17) is 23.4 Å². The number of fused-ring (bicyclic) bond motifs is 2. The number of nitrogens with zero attached hydrogens (tertiary/aromatic N) is 2. The van der Waals surface area contributed by atoms with Crippen molar-refractivity contribution in [3.05, 3.63) is 75.4 Å². The monoisotopic (exact) mass is 562 g/mol. The van der Waals surface area contributed by atoms with Crippen LogP contribution < -0.4 is 18.9 Å². The molecular formula is C26H15IN2O5. The Morgan fingerprint density at radius 1 is 0.794 bits per heavy atom. The molecule has 0 radical (unpaired) electrons. The van der Waals surface area contributed by atoms with Crippen LogP contribution in [0.5, 0.6) is 23.0 Å². The molecule has 3 aromatic carbocycles. The van der Waals surface area contributed by atoms with E-state index < -0.39 is 0 Å². The number of furan rings is 1. The Balaban J connectivity index is 1.52. The average molecular weight is 562 g/mol. The quantitative estimate of drug-likeness (QED) is 0.215. The molecule has 0 aliphatic carbocycles. The van der Waals surface area contributed by atoms with Crippen LogP contribution in [-0.4, -0.2) is 19.8 Å². The van der Waals surface area contributed by atoms with Gasteiger partial charge < -0.3 is 23.4 Å². The fourth-order valence-corrected chi connectivity index (χ4v) is 4.22. The standard InChI is InChI=1S/C26H15IN2O5/c27-18-5-1-15(2-6-18)12-29-26-19(11-28)24(16-3-7-20-22(9-16)32-13-30-20)25(34-26)17-4-8-21-23(10-17)33-14-31-21/h1-10,12H,13-14H2. The molecule has 0 fully saturated rings. The molecule has 166 valence electrons. The van der Waals surface area contributed by atoms with Gasteiger partial charge in [-0.1, -0.05) is 18.2 Å². The molecule has 0 saturated carbocycles. The van der Waals surface area contributed by atoms with E-state index in [1.807, 2.05) is 60.7 Å². The molecule has 1 aromatic heterocycles. The van der Waals surface area contributed by atoms with Crippen LogP contribution in [0.4, 0.5) is 5.88 Å². The molecule has 0 atom stereocenters. The smallest absolute Gasteiger partial charge is 0.238 e. The van der Waals surface area contributed by atoms with E-state index in [0.717, 1.165) is 20.3 Å². The van der Waals surface area contributed by atoms with E-state index in [-0.39, 0.29) is 19.5 Å². The van der Waals surface area contributed by atoms with E-state index in [1.54, 1.807) is 6.21 Å². The second-order valence-corrected chi connectivity index (χ2v) is 8.79. The fraction of sp³-hybridized carbons (Fsp3) is 0.0769. The summed E-state index contributed by atoms with van der Waals surface area (Å²) < 4.78 is 29.3. The number of hydrogen-bond acceptors (Lipinski definition) is 7. The SMILES string of the molecule is N#Cc1c(N=Cc2ccc(I)cc2)oc(-c2ccc3c(c2)OCO3)c1-c1ccc2c(c1)OCO2. The summed E-state index contributed by atoms with van der Waals surface area (Å²) in [6, 6.07) is 21.3. The summed E-state index contributed by atoms with van der Waals surface area (Å²) in [7, 11) is 0. The Hall–Kier alpha value is -3.97. The number of benzene rings is 3. The van der Waals surface area contributed by atoms with Gasteiger partial charge in [0.1, 0.15) is 17.4 Å². The first-order valence-electron chi connectivity index (χ1n) is 10.4. The summed E-state index contributed by atoms with van der Waals surface area (Å²) >= 11 is 2.25. The second-order valence-electron chi connectivity index (χ2n) is 7.54. The van der Waals surface area contributed by atoms with Gasteiger partial charge in [0.2, 0.25) is 19.5 Å². The highest BCUT2D eigenvalue weighted by Gasteiger charge is 2.26. The highest BCUT2D eigenvalue weighted by molar-refractivity contribution is 14.1. The molecule has 0 unspecified atom stereocenters. The maximum Gasteiger partial charge on any atom is 0.238 e. The van der Waals surface area contributed by atoms with E-state index in [2.05, 4.69) is 33.7 Å². The molecule has 0 amide bonds. The average Bonchev–Trinajstić information content (AvgIpc) is 3.60. The highest BCUT2D eigenvalue weighted by atomic mass is 127. The van der Waals surface area contributed by atoms with E-state index in [9.17, 15) is 5.26 Å². The van der Waals surface area contributed by atoms with Crippen molar-refractivity contribution in [3.8, 4) is 51.5 Å². The maximum absolute atomic E-state index is 10.1. The first-order chi connectivity index (χ1) is 16.7. The topological polar surface area (TPSA) is 86.2 Å². The van der Waals surface area contributed by atoms with Crippen LogP contribution in [0.1, 0.15) is 11.1 Å². The molecule has 34 heavy (non-hydrogen) atoms. The lowest BCUT2D eigenvalue weighted by atomic mass is 9.97. The molecule has 4 aromatic rings. The molecule has 2 aliphatic heterocycles. The predicted octanol–water partition coefficient (Wildman–Crippen LogP) is 6.30. The molecule has 0 spiro atoms. The van der Waals surface area contributed by atoms with Gasteiger partial charge in [0.15, 0.2) is 23.0 Å². The van der Waals surface area contributed by atoms with Crippen molar-refractivity contribution in [2.45, 2.75) is 0 Å². The molecule has 3 heterocycles. The minimum Gasteiger partial charge on any atom is -0.454 e. The lowest BCUT2D eigenvalue weighted by molar-refractivity contribution is 0.173. The van der Waals surface area contributed by atoms with Gasteiger partial charge in [-0.3, -0.25) is 0 Å². The summed E-state index contributed by atoms with van der Waals surface area (Å²) in [6.07, 6.45) is 1.68. The summed E-state index contributed by atoms with van der Waals surface area (Å²) in [5, 5.41) is 10.1. The zero-order valence-electron chi connectivity index (χ0n) is 17.6. The second kappa shape index (κ2) is 8.43. The summed E-state index contributed by atoms with van der Waals surface area (Å²) in [5.74, 6) is 3.28. The Morgan fingerprint density at radius 2 is 1.41 bits per heavy atom. The van der Waals surface area contributed by atoms with Gasteiger partial charge in [-0.15, -0.1) is 0 Å². The highest BCUT2D eigenvalue weighted by Crippen LogP contribution is 2.47. The van der Waals surface area contributed by atoms with Crippen LogP contribution in [0.2, 0.25) is 0 Å². The van der Waals surface area contributed by atoms with Crippen LogP contribution >= 0.6 is 22.6 Å². The minimum absolute atomic E-state index is 0.163. The minimum atomic E-state index is 0.163. The lowest BCUT2D eigenvalue weighted by Gasteiger charge is -2.06. The number of aliphatic imine (C=N–C) groups is 1. The number of halogens is 1. The molecular weight excluding hydrogens is 547 g/mol. The van der Waals surface area contributed by atoms with Crippen molar-refractivity contribution in [2.75, 3.05) is 13.6 Å². The van der Waals surface area contributed by atoms with Crippen LogP contribution in [0.25, 0.3) is 22.5 Å². The molecule has 8 heteroatoms. The molecule has 2 aliphatic rings. The van der Waals surface area contributed by atoms with Crippen LogP contribution in [-0.2, 0) is 0 Å². The molecule has 0 N–H and O–H groups in total. The molecule has 7 nitrogen and oxygen atoms in total. The van der Waals surface area contributed by atoms with Crippen molar-refractivity contribution in [1.29, 1.82) is 5.26 Å². The van der Waals surface area contributed by atoms with Gasteiger partial charge in [-0.2, -0.15) is 5.26 Å². The molecule has 0 saturated heterocycles. The van der Waals surface area contributed by atoms with Crippen molar-refractivity contribution in [3.63, 3.8) is 0 Å². The fourth-order valence-electron chi connectivity index (χ4n) is 3.86. The lowest BCUT2D eigenvalue weighted by Crippen LogP contribution is -1.93. The Morgan fingerprint density at radius 3 is 2.09 bits per heavy atom. The van der Waals surface area contributed by atoms with Crippen molar-refractivity contribution < 1.29 is 23.4 Å². The Bertz CT molecular complexity index is 1480. The first kappa shape index (κ1) is 20.6. The summed E-state index contributed by atoms with van der Waals surface area (Å²) in [5.41, 5.74) is 3.34. The predicted molar refractivity (Wildman–Crippen MR) is 133 cm³/mol. The third-order valence-electron chi connectivity index (χ3n) is 5.50.